The second-order valence-electron chi connectivity index (χ2n) is 4.21. The number of hydrogen-bond donors (Lipinski definition) is 0. The molecule has 0 fully saturated rings. The molecule has 0 radical (unpaired) electrons. The van der Waals surface area contributed by atoms with Gasteiger partial charge in [0, 0.05) is 10.8 Å². The van der Waals surface area contributed by atoms with Crippen molar-refractivity contribution < 1.29 is 0 Å². The molecule has 0 aliphatic rings. The zero-order valence-corrected chi connectivity index (χ0v) is 9.59. The van der Waals surface area contributed by atoms with Gasteiger partial charge in [0.1, 0.15) is 6.04 Å². The summed E-state index contributed by atoms with van der Waals surface area (Å²) in [6.07, 6.45) is 0. The highest BCUT2D eigenvalue weighted by Crippen LogP contribution is 2.31. The van der Waals surface area contributed by atoms with Crippen molar-refractivity contribution in [2.45, 2.75) is 13.0 Å². The second-order valence-corrected chi connectivity index (χ2v) is 4.21. The highest BCUT2D eigenvalue weighted by Gasteiger charge is 2.13. The van der Waals surface area contributed by atoms with Gasteiger partial charge in [0.15, 0.2) is 0 Å². The minimum absolute atomic E-state index is 0.153. The lowest BCUT2D eigenvalue weighted by atomic mass is 10.2. The van der Waals surface area contributed by atoms with E-state index in [0.29, 0.717) is 0 Å². The molecule has 0 saturated heterocycles. The highest BCUT2D eigenvalue weighted by atomic mass is 15.0. The number of aromatic nitrogens is 1. The van der Waals surface area contributed by atoms with E-state index in [1.54, 1.807) is 0 Å². The molecular formula is C15H12N2. The van der Waals surface area contributed by atoms with Crippen LogP contribution in [0, 0.1) is 11.3 Å². The molecule has 3 aromatic rings. The average molecular weight is 220 g/mol. The van der Waals surface area contributed by atoms with E-state index in [0.717, 1.165) is 11.0 Å². The Labute approximate surface area is 99.7 Å². The van der Waals surface area contributed by atoms with E-state index in [4.69, 9.17) is 5.26 Å². The summed E-state index contributed by atoms with van der Waals surface area (Å²) in [5, 5.41) is 11.6. The number of nitriles is 1. The number of nitrogens with zero attached hydrogens (tertiary/aromatic N) is 2. The first-order chi connectivity index (χ1) is 8.33. The van der Waals surface area contributed by atoms with Crippen LogP contribution in [-0.4, -0.2) is 4.57 Å². The summed E-state index contributed by atoms with van der Waals surface area (Å²) in [5.41, 5.74) is 2.26. The summed E-state index contributed by atoms with van der Waals surface area (Å²) in [4.78, 5) is 0. The van der Waals surface area contributed by atoms with Crippen LogP contribution in [-0.2, 0) is 0 Å². The monoisotopic (exact) mass is 220 g/mol. The Morgan fingerprint density at radius 1 is 0.941 bits per heavy atom. The van der Waals surface area contributed by atoms with Crippen molar-refractivity contribution in [2.24, 2.45) is 0 Å². The molecule has 2 heteroatoms. The van der Waals surface area contributed by atoms with Gasteiger partial charge in [-0.3, -0.25) is 0 Å². The van der Waals surface area contributed by atoms with E-state index in [-0.39, 0.29) is 6.04 Å². The minimum Gasteiger partial charge on any atom is -0.324 e. The molecule has 1 aromatic heterocycles. The van der Waals surface area contributed by atoms with Crippen LogP contribution >= 0.6 is 0 Å². The standard InChI is InChI=1S/C15H12N2/c1-11(10-16)17-14-8-4-2-6-12(14)13-7-3-5-9-15(13)17/h2-9,11H,1H3. The van der Waals surface area contributed by atoms with Crippen LogP contribution in [0.4, 0.5) is 0 Å². The summed E-state index contributed by atoms with van der Waals surface area (Å²) in [5.74, 6) is 0. The first-order valence-electron chi connectivity index (χ1n) is 5.70. The minimum atomic E-state index is -0.153. The maximum atomic E-state index is 9.15. The fourth-order valence-corrected chi connectivity index (χ4v) is 2.43. The summed E-state index contributed by atoms with van der Waals surface area (Å²) >= 11 is 0. The van der Waals surface area contributed by atoms with E-state index >= 15 is 0 Å². The molecule has 0 amide bonds. The van der Waals surface area contributed by atoms with E-state index in [1.165, 1.54) is 10.8 Å². The normalized spacial score (nSPS) is 12.7. The molecule has 82 valence electrons. The van der Waals surface area contributed by atoms with Crippen molar-refractivity contribution in [3.05, 3.63) is 48.5 Å². The Hall–Kier alpha value is -2.27. The van der Waals surface area contributed by atoms with Crippen LogP contribution in [0.3, 0.4) is 0 Å². The smallest absolute Gasteiger partial charge is 0.118 e. The van der Waals surface area contributed by atoms with Crippen LogP contribution in [0.2, 0.25) is 0 Å². The number of benzene rings is 2. The van der Waals surface area contributed by atoms with Crippen molar-refractivity contribution in [1.29, 1.82) is 5.26 Å². The molecule has 2 aromatic carbocycles. The molecule has 3 rings (SSSR count). The summed E-state index contributed by atoms with van der Waals surface area (Å²) in [7, 11) is 0. The predicted octanol–water partition coefficient (Wildman–Crippen LogP) is 3.88. The zero-order valence-electron chi connectivity index (χ0n) is 9.59. The lowest BCUT2D eigenvalue weighted by molar-refractivity contribution is 0.724. The van der Waals surface area contributed by atoms with E-state index in [1.807, 2.05) is 31.2 Å². The fraction of sp³-hybridized carbons (Fsp3) is 0.133. The quantitative estimate of drug-likeness (QED) is 0.611. The van der Waals surface area contributed by atoms with Crippen LogP contribution in [0.1, 0.15) is 13.0 Å². The third-order valence-corrected chi connectivity index (χ3v) is 3.19. The van der Waals surface area contributed by atoms with Gasteiger partial charge in [-0.1, -0.05) is 36.4 Å². The molecule has 0 N–H and O–H groups in total. The Kier molecular flexibility index (Phi) is 2.12. The molecule has 1 unspecified atom stereocenters. The molecule has 0 aliphatic carbocycles. The number of hydrogen-bond acceptors (Lipinski definition) is 1. The SMILES string of the molecule is CC(C#N)n1c2ccccc2c2ccccc21. The molecular weight excluding hydrogens is 208 g/mol. The molecule has 0 spiro atoms. The molecule has 1 heterocycles. The maximum Gasteiger partial charge on any atom is 0.118 e. The second kappa shape index (κ2) is 3.64. The third kappa shape index (κ3) is 1.33. The van der Waals surface area contributed by atoms with E-state index in [9.17, 15) is 0 Å². The molecule has 17 heavy (non-hydrogen) atoms. The van der Waals surface area contributed by atoms with Crippen LogP contribution < -0.4 is 0 Å². The molecule has 0 bridgehead atoms. The Morgan fingerprint density at radius 3 is 1.88 bits per heavy atom. The van der Waals surface area contributed by atoms with Crippen LogP contribution in [0.5, 0.6) is 0 Å². The molecule has 0 saturated carbocycles. The van der Waals surface area contributed by atoms with Gasteiger partial charge in [-0.25, -0.2) is 0 Å². The summed E-state index contributed by atoms with van der Waals surface area (Å²) in [6, 6.07) is 18.6. The third-order valence-electron chi connectivity index (χ3n) is 3.19. The van der Waals surface area contributed by atoms with Crippen molar-refractivity contribution in [2.75, 3.05) is 0 Å². The number of rotatable bonds is 1. The zero-order chi connectivity index (χ0) is 11.8. The highest BCUT2D eigenvalue weighted by molar-refractivity contribution is 6.08. The van der Waals surface area contributed by atoms with Crippen molar-refractivity contribution in [1.82, 2.24) is 4.57 Å². The van der Waals surface area contributed by atoms with Crippen molar-refractivity contribution >= 4 is 21.8 Å². The maximum absolute atomic E-state index is 9.15. The van der Waals surface area contributed by atoms with Gasteiger partial charge in [0.25, 0.3) is 0 Å². The number of para-hydroxylation sites is 2. The summed E-state index contributed by atoms with van der Waals surface area (Å²) < 4.78 is 2.10. The molecule has 0 aliphatic heterocycles. The van der Waals surface area contributed by atoms with Gasteiger partial charge in [0.2, 0.25) is 0 Å². The van der Waals surface area contributed by atoms with E-state index < -0.39 is 0 Å². The lowest BCUT2D eigenvalue weighted by Crippen LogP contribution is -2.01. The van der Waals surface area contributed by atoms with Gasteiger partial charge in [-0.2, -0.15) is 5.26 Å². The first-order valence-corrected chi connectivity index (χ1v) is 5.70. The van der Waals surface area contributed by atoms with Gasteiger partial charge in [-0.05, 0) is 19.1 Å². The predicted molar refractivity (Wildman–Crippen MR) is 69.8 cm³/mol. The fourth-order valence-electron chi connectivity index (χ4n) is 2.43. The van der Waals surface area contributed by atoms with Gasteiger partial charge in [0.05, 0.1) is 17.1 Å². The molecule has 1 atom stereocenters. The van der Waals surface area contributed by atoms with Gasteiger partial charge >= 0.3 is 0 Å². The van der Waals surface area contributed by atoms with Crippen LogP contribution in [0.25, 0.3) is 21.8 Å². The Balaban J connectivity index is 2.56. The van der Waals surface area contributed by atoms with Gasteiger partial charge in [-0.15, -0.1) is 0 Å². The van der Waals surface area contributed by atoms with Gasteiger partial charge < -0.3 is 4.57 Å². The average Bonchev–Trinajstić information content (AvgIpc) is 2.72. The van der Waals surface area contributed by atoms with E-state index in [2.05, 4.69) is 34.9 Å². The van der Waals surface area contributed by atoms with Crippen LogP contribution in [0.15, 0.2) is 48.5 Å². The van der Waals surface area contributed by atoms with Crippen molar-refractivity contribution in [3.8, 4) is 6.07 Å². The van der Waals surface area contributed by atoms with Crippen molar-refractivity contribution in [3.63, 3.8) is 0 Å². The Bertz CT molecular complexity index is 678. The topological polar surface area (TPSA) is 28.7 Å². The lowest BCUT2D eigenvalue weighted by Gasteiger charge is -2.08. The molecule has 2 nitrogen and oxygen atoms in total. The first kappa shape index (κ1) is 9.92. The largest absolute Gasteiger partial charge is 0.324 e. The summed E-state index contributed by atoms with van der Waals surface area (Å²) in [6.45, 7) is 1.93. The number of fused-ring (bicyclic) bond motifs is 3. The Morgan fingerprint density at radius 2 is 1.41 bits per heavy atom.